The molecule has 0 heterocycles. The fourth-order valence-electron chi connectivity index (χ4n) is 4.00. The highest BCUT2D eigenvalue weighted by molar-refractivity contribution is 5.80. The Bertz CT molecular complexity index is 354. The van der Waals surface area contributed by atoms with Crippen LogP contribution in [0.25, 0.3) is 0 Å². The molecule has 0 aromatic carbocycles. The fraction of sp³-hybridized carbons (Fsp3) is 0.941. The number of hydrogen-bond donors (Lipinski definition) is 2. The van der Waals surface area contributed by atoms with Crippen molar-refractivity contribution in [1.29, 1.82) is 0 Å². The van der Waals surface area contributed by atoms with Gasteiger partial charge in [-0.05, 0) is 33.1 Å². The van der Waals surface area contributed by atoms with Crippen LogP contribution < -0.4 is 10.6 Å². The average Bonchev–Trinajstić information content (AvgIpc) is 2.55. The van der Waals surface area contributed by atoms with E-state index in [0.717, 1.165) is 25.5 Å². The molecule has 0 aromatic rings. The van der Waals surface area contributed by atoms with E-state index >= 15 is 0 Å². The summed E-state index contributed by atoms with van der Waals surface area (Å²) in [4.78, 5) is 4.60. The van der Waals surface area contributed by atoms with E-state index < -0.39 is 0 Å². The third kappa shape index (κ3) is 3.93. The number of nitrogens with one attached hydrogen (secondary N) is 2. The molecular formula is C17H33N3O2. The predicted octanol–water partition coefficient (Wildman–Crippen LogP) is 2.32. The number of nitrogens with zero attached hydrogens (tertiary/aromatic N) is 1. The van der Waals surface area contributed by atoms with Gasteiger partial charge < -0.3 is 20.1 Å². The second kappa shape index (κ2) is 8.73. The van der Waals surface area contributed by atoms with Gasteiger partial charge in [-0.25, -0.2) is 0 Å². The summed E-state index contributed by atoms with van der Waals surface area (Å²) in [6.07, 6.45) is 8.13. The maximum Gasteiger partial charge on any atom is 0.191 e. The lowest BCUT2D eigenvalue weighted by Gasteiger charge is -2.58. The maximum absolute atomic E-state index is 6.02. The second-order valence-corrected chi connectivity index (χ2v) is 6.42. The summed E-state index contributed by atoms with van der Waals surface area (Å²) in [6.45, 7) is 7.27. The van der Waals surface area contributed by atoms with Crippen LogP contribution >= 0.6 is 0 Å². The van der Waals surface area contributed by atoms with Crippen molar-refractivity contribution in [2.45, 2.75) is 64.5 Å². The van der Waals surface area contributed by atoms with Crippen LogP contribution in [-0.2, 0) is 9.47 Å². The first-order chi connectivity index (χ1) is 10.8. The summed E-state index contributed by atoms with van der Waals surface area (Å²) < 4.78 is 11.1. The topological polar surface area (TPSA) is 54.9 Å². The molecular weight excluding hydrogens is 278 g/mol. The molecule has 0 saturated heterocycles. The summed E-state index contributed by atoms with van der Waals surface area (Å²) >= 11 is 0. The van der Waals surface area contributed by atoms with Crippen molar-refractivity contribution in [3.8, 4) is 0 Å². The fourth-order valence-corrected chi connectivity index (χ4v) is 4.00. The van der Waals surface area contributed by atoms with Gasteiger partial charge in [-0.1, -0.05) is 19.3 Å². The molecule has 0 amide bonds. The zero-order chi connectivity index (χ0) is 15.8. The van der Waals surface area contributed by atoms with Crippen molar-refractivity contribution < 1.29 is 9.47 Å². The first-order valence-electron chi connectivity index (χ1n) is 8.92. The van der Waals surface area contributed by atoms with Crippen molar-refractivity contribution in [2.75, 3.05) is 33.4 Å². The summed E-state index contributed by atoms with van der Waals surface area (Å²) in [5.41, 5.74) is 0.325. The van der Waals surface area contributed by atoms with Gasteiger partial charge in [-0.3, -0.25) is 4.99 Å². The van der Waals surface area contributed by atoms with Gasteiger partial charge in [0.1, 0.15) is 0 Å². The molecule has 1 spiro atoms. The van der Waals surface area contributed by atoms with Crippen LogP contribution in [0.5, 0.6) is 0 Å². The van der Waals surface area contributed by atoms with Gasteiger partial charge in [-0.2, -0.15) is 0 Å². The molecule has 2 aliphatic carbocycles. The van der Waals surface area contributed by atoms with E-state index in [2.05, 4.69) is 29.5 Å². The number of aliphatic imine (C=N–C) groups is 1. The predicted molar refractivity (Wildman–Crippen MR) is 90.3 cm³/mol. The van der Waals surface area contributed by atoms with Crippen molar-refractivity contribution in [3.63, 3.8) is 0 Å². The van der Waals surface area contributed by atoms with E-state index in [4.69, 9.17) is 9.47 Å². The van der Waals surface area contributed by atoms with Gasteiger partial charge in [0.25, 0.3) is 0 Å². The summed E-state index contributed by atoms with van der Waals surface area (Å²) in [6, 6.07) is 0.490. The quantitative estimate of drug-likeness (QED) is 0.430. The molecule has 22 heavy (non-hydrogen) atoms. The zero-order valence-electron chi connectivity index (χ0n) is 14.5. The summed E-state index contributed by atoms with van der Waals surface area (Å²) in [5.74, 6) is 0.921. The van der Waals surface area contributed by atoms with E-state index in [1.165, 1.54) is 32.1 Å². The van der Waals surface area contributed by atoms with Crippen molar-refractivity contribution in [3.05, 3.63) is 0 Å². The van der Waals surface area contributed by atoms with Crippen LogP contribution in [0.2, 0.25) is 0 Å². The first-order valence-corrected chi connectivity index (χ1v) is 8.92. The maximum atomic E-state index is 6.02. The largest absolute Gasteiger partial charge is 0.383 e. The summed E-state index contributed by atoms with van der Waals surface area (Å²) in [7, 11) is 1.71. The van der Waals surface area contributed by atoms with Crippen molar-refractivity contribution >= 4 is 5.96 Å². The molecule has 5 heteroatoms. The average molecular weight is 311 g/mol. The molecule has 2 fully saturated rings. The highest BCUT2D eigenvalue weighted by Gasteiger charge is 2.55. The highest BCUT2D eigenvalue weighted by Crippen LogP contribution is 2.53. The Balaban J connectivity index is 1.98. The van der Waals surface area contributed by atoms with Gasteiger partial charge in [0.05, 0.1) is 19.3 Å². The molecule has 0 radical (unpaired) electrons. The molecule has 2 unspecified atom stereocenters. The normalized spacial score (nSPS) is 27.5. The van der Waals surface area contributed by atoms with Gasteiger partial charge in [0.15, 0.2) is 5.96 Å². The number of ether oxygens (including phenoxy) is 2. The SMILES string of the molecule is CCNC(=NCCOC)NC1CC(OCC)C12CCCCC2. The Morgan fingerprint density at radius 3 is 2.64 bits per heavy atom. The van der Waals surface area contributed by atoms with Crippen molar-refractivity contribution in [1.82, 2.24) is 10.6 Å². The van der Waals surface area contributed by atoms with Gasteiger partial charge in [0.2, 0.25) is 0 Å². The van der Waals surface area contributed by atoms with Crippen LogP contribution in [0.3, 0.4) is 0 Å². The molecule has 128 valence electrons. The molecule has 0 aliphatic heterocycles. The monoisotopic (exact) mass is 311 g/mol. The first kappa shape index (κ1) is 17.5. The Labute approximate surface area is 135 Å². The Hall–Kier alpha value is -0.810. The number of hydrogen-bond acceptors (Lipinski definition) is 3. The molecule has 2 saturated carbocycles. The number of guanidine groups is 1. The molecule has 0 bridgehead atoms. The standard InChI is InChI=1S/C17H33N3O2/c1-4-18-16(19-11-12-21-3)20-14-13-15(22-5-2)17(14)9-7-6-8-10-17/h14-15H,4-13H2,1-3H3,(H2,18,19,20). The van der Waals surface area contributed by atoms with Gasteiger partial charge in [-0.15, -0.1) is 0 Å². The minimum absolute atomic E-state index is 0.325. The third-order valence-corrected chi connectivity index (χ3v) is 5.16. The van der Waals surface area contributed by atoms with Crippen molar-refractivity contribution in [2.24, 2.45) is 10.4 Å². The summed E-state index contributed by atoms with van der Waals surface area (Å²) in [5, 5.41) is 7.02. The van der Waals surface area contributed by atoms with Crippen LogP contribution in [0.1, 0.15) is 52.4 Å². The van der Waals surface area contributed by atoms with Crippen LogP contribution in [-0.4, -0.2) is 51.5 Å². The Kier molecular flexibility index (Phi) is 6.96. The minimum Gasteiger partial charge on any atom is -0.383 e. The van der Waals surface area contributed by atoms with E-state index in [-0.39, 0.29) is 0 Å². The van der Waals surface area contributed by atoms with Gasteiger partial charge >= 0.3 is 0 Å². The Morgan fingerprint density at radius 1 is 1.23 bits per heavy atom. The molecule has 5 nitrogen and oxygen atoms in total. The van der Waals surface area contributed by atoms with Crippen LogP contribution in [0.15, 0.2) is 4.99 Å². The van der Waals surface area contributed by atoms with E-state index in [9.17, 15) is 0 Å². The highest BCUT2D eigenvalue weighted by atomic mass is 16.5. The minimum atomic E-state index is 0.325. The second-order valence-electron chi connectivity index (χ2n) is 6.42. The smallest absolute Gasteiger partial charge is 0.191 e. The van der Waals surface area contributed by atoms with Crippen LogP contribution in [0.4, 0.5) is 0 Å². The lowest BCUT2D eigenvalue weighted by molar-refractivity contribution is -0.145. The number of methoxy groups -OCH3 is 1. The number of rotatable bonds is 7. The van der Waals surface area contributed by atoms with Gasteiger partial charge in [0, 0.05) is 31.7 Å². The van der Waals surface area contributed by atoms with E-state index in [1.54, 1.807) is 7.11 Å². The molecule has 2 aliphatic rings. The third-order valence-electron chi connectivity index (χ3n) is 5.16. The molecule has 2 N–H and O–H groups in total. The lowest BCUT2D eigenvalue weighted by Crippen LogP contribution is -2.66. The van der Waals surface area contributed by atoms with Crippen LogP contribution in [0, 0.1) is 5.41 Å². The molecule has 2 rings (SSSR count). The van der Waals surface area contributed by atoms with E-state index in [1.807, 2.05) is 0 Å². The van der Waals surface area contributed by atoms with E-state index in [0.29, 0.717) is 30.7 Å². The molecule has 2 atom stereocenters. The lowest BCUT2D eigenvalue weighted by atomic mass is 9.55. The molecule has 0 aromatic heterocycles. The zero-order valence-corrected chi connectivity index (χ0v) is 14.5. The Morgan fingerprint density at radius 2 is 2.00 bits per heavy atom.